The molecule has 2 fully saturated rings. The van der Waals surface area contributed by atoms with E-state index >= 15 is 0 Å². The summed E-state index contributed by atoms with van der Waals surface area (Å²) >= 11 is 12.2. The zero-order valence-corrected chi connectivity index (χ0v) is 14.2. The fourth-order valence-electron chi connectivity index (χ4n) is 3.21. The highest BCUT2D eigenvalue weighted by molar-refractivity contribution is 6.37. The number of halogens is 3. The van der Waals surface area contributed by atoms with Crippen LogP contribution in [0.4, 0.5) is 0 Å². The van der Waals surface area contributed by atoms with Crippen LogP contribution in [0.1, 0.15) is 6.42 Å². The average Bonchev–Trinajstić information content (AvgIpc) is 2.89. The lowest BCUT2D eigenvalue weighted by molar-refractivity contribution is 0.127. The van der Waals surface area contributed by atoms with Gasteiger partial charge in [-0.25, -0.2) is 0 Å². The third-order valence-corrected chi connectivity index (χ3v) is 4.96. The molecule has 3 nitrogen and oxygen atoms in total. The maximum absolute atomic E-state index is 6.09. The van der Waals surface area contributed by atoms with E-state index in [-0.39, 0.29) is 12.4 Å². The number of hydrogen-bond donors (Lipinski definition) is 1. The van der Waals surface area contributed by atoms with Gasteiger partial charge in [-0.05, 0) is 50.0 Å². The van der Waals surface area contributed by atoms with Crippen LogP contribution in [0.2, 0.25) is 10.0 Å². The van der Waals surface area contributed by atoms with Crippen molar-refractivity contribution in [1.82, 2.24) is 10.2 Å². The van der Waals surface area contributed by atoms with Gasteiger partial charge in [-0.15, -0.1) is 12.4 Å². The number of hydrogen-bond acceptors (Lipinski definition) is 3. The van der Waals surface area contributed by atoms with Gasteiger partial charge in [-0.2, -0.15) is 0 Å². The van der Waals surface area contributed by atoms with Gasteiger partial charge < -0.3 is 10.1 Å². The van der Waals surface area contributed by atoms with Gasteiger partial charge in [-0.1, -0.05) is 29.3 Å². The van der Waals surface area contributed by atoms with Crippen molar-refractivity contribution in [3.05, 3.63) is 28.2 Å². The van der Waals surface area contributed by atoms with Crippen LogP contribution in [0, 0.1) is 11.8 Å². The third kappa shape index (κ3) is 4.17. The van der Waals surface area contributed by atoms with Crippen LogP contribution < -0.4 is 10.1 Å². The SMILES string of the molecule is Cl.Clc1cccc(Cl)c1OCCN1CCC2CNCC2C1. The summed E-state index contributed by atoms with van der Waals surface area (Å²) in [6, 6.07) is 5.44. The van der Waals surface area contributed by atoms with E-state index in [1.807, 2.05) is 6.07 Å². The van der Waals surface area contributed by atoms with Gasteiger partial charge in [0.25, 0.3) is 0 Å². The topological polar surface area (TPSA) is 24.5 Å². The van der Waals surface area contributed by atoms with Crippen molar-refractivity contribution in [1.29, 1.82) is 0 Å². The Morgan fingerprint density at radius 2 is 1.90 bits per heavy atom. The number of nitrogens with one attached hydrogen (secondary N) is 1. The molecule has 118 valence electrons. The Bertz CT molecular complexity index is 452. The first-order chi connectivity index (χ1) is 9.74. The molecule has 1 N–H and O–H groups in total. The molecule has 0 aromatic heterocycles. The van der Waals surface area contributed by atoms with Crippen molar-refractivity contribution in [2.75, 3.05) is 39.3 Å². The first kappa shape index (κ1) is 17.2. The fraction of sp³-hybridized carbons (Fsp3) is 0.600. The van der Waals surface area contributed by atoms with Crippen molar-refractivity contribution in [3.63, 3.8) is 0 Å². The second kappa shape index (κ2) is 7.89. The summed E-state index contributed by atoms with van der Waals surface area (Å²) in [5.74, 6) is 2.30. The molecule has 2 aliphatic heterocycles. The predicted molar refractivity (Wildman–Crippen MR) is 90.1 cm³/mol. The van der Waals surface area contributed by atoms with E-state index in [0.29, 0.717) is 22.4 Å². The van der Waals surface area contributed by atoms with Crippen LogP contribution in [0.5, 0.6) is 5.75 Å². The minimum Gasteiger partial charge on any atom is -0.489 e. The van der Waals surface area contributed by atoms with Crippen LogP contribution >= 0.6 is 35.6 Å². The van der Waals surface area contributed by atoms with Gasteiger partial charge >= 0.3 is 0 Å². The normalized spacial score (nSPS) is 25.2. The molecule has 0 radical (unpaired) electrons. The van der Waals surface area contributed by atoms with E-state index in [2.05, 4.69) is 10.2 Å². The highest BCUT2D eigenvalue weighted by Crippen LogP contribution is 2.32. The number of benzene rings is 1. The van der Waals surface area contributed by atoms with E-state index in [0.717, 1.165) is 18.4 Å². The number of fused-ring (bicyclic) bond motifs is 1. The number of para-hydroxylation sites is 1. The maximum Gasteiger partial charge on any atom is 0.156 e. The van der Waals surface area contributed by atoms with Crippen LogP contribution in [-0.4, -0.2) is 44.2 Å². The molecular formula is C15H21Cl3N2O. The largest absolute Gasteiger partial charge is 0.489 e. The van der Waals surface area contributed by atoms with E-state index in [1.165, 1.54) is 32.6 Å². The highest BCUT2D eigenvalue weighted by atomic mass is 35.5. The van der Waals surface area contributed by atoms with Crippen LogP contribution in [-0.2, 0) is 0 Å². The molecule has 6 heteroatoms. The molecule has 2 atom stereocenters. The smallest absolute Gasteiger partial charge is 0.156 e. The molecule has 0 amide bonds. The second-order valence-corrected chi connectivity index (χ2v) is 6.48. The Hall–Kier alpha value is -0.190. The van der Waals surface area contributed by atoms with Gasteiger partial charge in [0.2, 0.25) is 0 Å². The first-order valence-corrected chi connectivity index (χ1v) is 7.99. The Balaban J connectivity index is 0.00000161. The number of rotatable bonds is 4. The summed E-state index contributed by atoms with van der Waals surface area (Å²) in [6.45, 7) is 6.28. The van der Waals surface area contributed by atoms with Crippen molar-refractivity contribution < 1.29 is 4.74 Å². The van der Waals surface area contributed by atoms with Gasteiger partial charge in [0.15, 0.2) is 5.75 Å². The summed E-state index contributed by atoms with van der Waals surface area (Å²) in [7, 11) is 0. The molecule has 0 bridgehead atoms. The zero-order valence-electron chi connectivity index (χ0n) is 11.9. The number of ether oxygens (including phenoxy) is 1. The average molecular weight is 352 g/mol. The summed E-state index contributed by atoms with van der Waals surface area (Å²) in [6.07, 6.45) is 1.30. The minimum absolute atomic E-state index is 0. The van der Waals surface area contributed by atoms with E-state index < -0.39 is 0 Å². The van der Waals surface area contributed by atoms with Crippen LogP contribution in [0.25, 0.3) is 0 Å². The molecule has 2 saturated heterocycles. The molecule has 0 aliphatic carbocycles. The summed E-state index contributed by atoms with van der Waals surface area (Å²) in [5, 5.41) is 4.65. The van der Waals surface area contributed by atoms with E-state index in [4.69, 9.17) is 27.9 Å². The molecule has 21 heavy (non-hydrogen) atoms. The lowest BCUT2D eigenvalue weighted by Gasteiger charge is -2.34. The predicted octanol–water partition coefficient (Wildman–Crippen LogP) is 3.34. The highest BCUT2D eigenvalue weighted by Gasteiger charge is 2.32. The molecule has 2 aliphatic rings. The monoisotopic (exact) mass is 350 g/mol. The van der Waals surface area contributed by atoms with E-state index in [1.54, 1.807) is 12.1 Å². The lowest BCUT2D eigenvalue weighted by Crippen LogP contribution is -2.41. The molecule has 0 spiro atoms. The van der Waals surface area contributed by atoms with Crippen molar-refractivity contribution in [2.45, 2.75) is 6.42 Å². The van der Waals surface area contributed by atoms with Crippen molar-refractivity contribution in [3.8, 4) is 5.75 Å². The number of nitrogens with zero attached hydrogens (tertiary/aromatic N) is 1. The Labute approximate surface area is 142 Å². The van der Waals surface area contributed by atoms with Crippen molar-refractivity contribution >= 4 is 35.6 Å². The van der Waals surface area contributed by atoms with Gasteiger partial charge in [0, 0.05) is 13.1 Å². The summed E-state index contributed by atoms with van der Waals surface area (Å²) < 4.78 is 5.76. The quantitative estimate of drug-likeness (QED) is 0.900. The number of likely N-dealkylation sites (tertiary alicyclic amines) is 1. The van der Waals surface area contributed by atoms with Gasteiger partial charge in [-0.3, -0.25) is 4.90 Å². The molecular weight excluding hydrogens is 331 g/mol. The Morgan fingerprint density at radius 1 is 1.19 bits per heavy atom. The van der Waals surface area contributed by atoms with E-state index in [9.17, 15) is 0 Å². The Kier molecular flexibility index (Phi) is 6.45. The third-order valence-electron chi connectivity index (χ3n) is 4.36. The standard InChI is InChI=1S/C15H20Cl2N2O.ClH/c16-13-2-1-3-14(17)15(13)20-7-6-19-5-4-11-8-18-9-12(11)10-19;/h1-3,11-12,18H,4-10H2;1H. The lowest BCUT2D eigenvalue weighted by atomic mass is 9.89. The molecule has 2 heterocycles. The fourth-order valence-corrected chi connectivity index (χ4v) is 3.72. The molecule has 2 unspecified atom stereocenters. The maximum atomic E-state index is 6.09. The number of piperidine rings is 1. The molecule has 0 saturated carbocycles. The van der Waals surface area contributed by atoms with Crippen LogP contribution in [0.3, 0.4) is 0 Å². The minimum atomic E-state index is 0. The van der Waals surface area contributed by atoms with Gasteiger partial charge in [0.05, 0.1) is 10.0 Å². The molecule has 3 rings (SSSR count). The summed E-state index contributed by atoms with van der Waals surface area (Å²) in [5.41, 5.74) is 0. The van der Waals surface area contributed by atoms with Crippen molar-refractivity contribution in [2.24, 2.45) is 11.8 Å². The Morgan fingerprint density at radius 3 is 2.67 bits per heavy atom. The van der Waals surface area contributed by atoms with Gasteiger partial charge in [0.1, 0.15) is 6.61 Å². The zero-order chi connectivity index (χ0) is 13.9. The van der Waals surface area contributed by atoms with Crippen LogP contribution in [0.15, 0.2) is 18.2 Å². The summed E-state index contributed by atoms with van der Waals surface area (Å²) in [4.78, 5) is 2.49. The first-order valence-electron chi connectivity index (χ1n) is 7.24. The molecule has 1 aromatic carbocycles. The molecule has 1 aromatic rings. The second-order valence-electron chi connectivity index (χ2n) is 5.67.